The normalized spacial score (nSPS) is 12.6. The molecule has 0 aliphatic heterocycles. The number of carbonyl (C=O) groups is 2. The Hall–Kier alpha value is -1.10. The predicted molar refractivity (Wildman–Crippen MR) is 27.5 cm³/mol. The molecule has 0 saturated heterocycles. The zero-order valence-corrected chi connectivity index (χ0v) is 4.57. The molecule has 0 aromatic rings. The van der Waals surface area contributed by atoms with E-state index in [9.17, 15) is 9.59 Å². The second kappa shape index (κ2) is 3.03. The zero-order chi connectivity index (χ0) is 7.44. The van der Waals surface area contributed by atoms with E-state index in [4.69, 9.17) is 10.2 Å². The van der Waals surface area contributed by atoms with Gasteiger partial charge < -0.3 is 15.9 Å². The number of primary amides is 1. The summed E-state index contributed by atoms with van der Waals surface area (Å²) in [7, 11) is 0. The highest BCUT2D eigenvalue weighted by Crippen LogP contribution is 1.87. The SMILES string of the molecule is NC(=O)[C@@H](O)CC(=O)O. The topological polar surface area (TPSA) is 101 Å². The fraction of sp³-hybridized carbons (Fsp3) is 0.500. The van der Waals surface area contributed by atoms with Gasteiger partial charge in [0.25, 0.3) is 0 Å². The smallest absolute Gasteiger partial charge is 0.306 e. The van der Waals surface area contributed by atoms with Crippen molar-refractivity contribution in [2.45, 2.75) is 12.5 Å². The second-order valence-corrected chi connectivity index (χ2v) is 1.52. The lowest BCUT2D eigenvalue weighted by atomic mass is 10.2. The lowest BCUT2D eigenvalue weighted by Gasteiger charge is -1.99. The maximum atomic E-state index is 9.94. The van der Waals surface area contributed by atoms with Crippen LogP contribution in [0, 0.1) is 0 Å². The van der Waals surface area contributed by atoms with Gasteiger partial charge in [-0.25, -0.2) is 0 Å². The summed E-state index contributed by atoms with van der Waals surface area (Å²) in [6, 6.07) is 0. The maximum absolute atomic E-state index is 9.94. The highest BCUT2D eigenvalue weighted by molar-refractivity contribution is 5.83. The fourth-order valence-corrected chi connectivity index (χ4v) is 0.266. The van der Waals surface area contributed by atoms with E-state index in [1.165, 1.54) is 0 Å². The molecule has 0 aromatic carbocycles. The Kier molecular flexibility index (Phi) is 2.66. The molecule has 0 aromatic heterocycles. The van der Waals surface area contributed by atoms with E-state index in [2.05, 4.69) is 5.73 Å². The molecule has 0 aliphatic rings. The lowest BCUT2D eigenvalue weighted by molar-refractivity contribution is -0.142. The molecule has 5 heteroatoms. The molecule has 1 amide bonds. The third-order valence-electron chi connectivity index (χ3n) is 0.696. The number of carbonyl (C=O) groups excluding carboxylic acids is 1. The molecule has 1 atom stereocenters. The Morgan fingerprint density at radius 3 is 2.11 bits per heavy atom. The van der Waals surface area contributed by atoms with Crippen LogP contribution in [0.5, 0.6) is 0 Å². The first-order valence-corrected chi connectivity index (χ1v) is 2.23. The van der Waals surface area contributed by atoms with Crippen LogP contribution in [-0.2, 0) is 9.59 Å². The molecule has 0 heterocycles. The van der Waals surface area contributed by atoms with Gasteiger partial charge in [0.15, 0.2) is 0 Å². The minimum absolute atomic E-state index is 0.630. The van der Waals surface area contributed by atoms with Crippen molar-refractivity contribution in [2.24, 2.45) is 5.73 Å². The Balaban J connectivity index is 3.63. The molecule has 0 fully saturated rings. The van der Waals surface area contributed by atoms with Gasteiger partial charge >= 0.3 is 5.97 Å². The summed E-state index contributed by atoms with van der Waals surface area (Å²) in [5, 5.41) is 16.4. The van der Waals surface area contributed by atoms with Crippen molar-refractivity contribution < 1.29 is 19.8 Å². The first-order valence-electron chi connectivity index (χ1n) is 2.23. The summed E-state index contributed by atoms with van der Waals surface area (Å²) >= 11 is 0. The zero-order valence-electron chi connectivity index (χ0n) is 4.57. The van der Waals surface area contributed by atoms with Crippen LogP contribution in [0.15, 0.2) is 0 Å². The summed E-state index contributed by atoms with van der Waals surface area (Å²) < 4.78 is 0. The number of aliphatic hydroxyl groups excluding tert-OH is 1. The largest absolute Gasteiger partial charge is 0.481 e. The molecule has 0 spiro atoms. The van der Waals surface area contributed by atoms with E-state index in [0.29, 0.717) is 0 Å². The van der Waals surface area contributed by atoms with Crippen LogP contribution in [0.2, 0.25) is 0 Å². The number of hydrogen-bond donors (Lipinski definition) is 3. The van der Waals surface area contributed by atoms with Crippen molar-refractivity contribution in [3.63, 3.8) is 0 Å². The molecular formula is C4H7NO4. The van der Waals surface area contributed by atoms with Crippen LogP contribution in [0.1, 0.15) is 6.42 Å². The number of aliphatic carboxylic acids is 1. The number of carboxylic acid groups (broad SMARTS) is 1. The minimum Gasteiger partial charge on any atom is -0.481 e. The van der Waals surface area contributed by atoms with Gasteiger partial charge in [0, 0.05) is 0 Å². The average Bonchev–Trinajstić information content (AvgIpc) is 1.63. The fourth-order valence-electron chi connectivity index (χ4n) is 0.266. The number of hydrogen-bond acceptors (Lipinski definition) is 3. The van der Waals surface area contributed by atoms with Crippen molar-refractivity contribution in [3.8, 4) is 0 Å². The van der Waals surface area contributed by atoms with Crippen LogP contribution in [0.25, 0.3) is 0 Å². The third-order valence-corrected chi connectivity index (χ3v) is 0.696. The van der Waals surface area contributed by atoms with E-state index in [1.807, 2.05) is 0 Å². The first-order chi connectivity index (χ1) is 4.04. The Morgan fingerprint density at radius 2 is 2.00 bits per heavy atom. The molecule has 52 valence electrons. The maximum Gasteiger partial charge on any atom is 0.306 e. The highest BCUT2D eigenvalue weighted by Gasteiger charge is 2.13. The molecule has 0 saturated carbocycles. The van der Waals surface area contributed by atoms with Crippen molar-refractivity contribution >= 4 is 11.9 Å². The Labute approximate surface area is 51.1 Å². The van der Waals surface area contributed by atoms with E-state index in [-0.39, 0.29) is 0 Å². The van der Waals surface area contributed by atoms with E-state index >= 15 is 0 Å². The number of rotatable bonds is 3. The summed E-state index contributed by atoms with van der Waals surface area (Å²) in [6.07, 6.45) is -2.20. The van der Waals surface area contributed by atoms with Gasteiger partial charge in [-0.05, 0) is 0 Å². The minimum atomic E-state index is -1.57. The third kappa shape index (κ3) is 3.48. The van der Waals surface area contributed by atoms with E-state index in [0.717, 1.165) is 0 Å². The van der Waals surface area contributed by atoms with Crippen LogP contribution < -0.4 is 5.73 Å². The summed E-state index contributed by atoms with van der Waals surface area (Å²) in [4.78, 5) is 19.7. The number of nitrogens with two attached hydrogens (primary N) is 1. The van der Waals surface area contributed by atoms with Crippen LogP contribution >= 0.6 is 0 Å². The van der Waals surface area contributed by atoms with Gasteiger partial charge in [-0.3, -0.25) is 9.59 Å². The van der Waals surface area contributed by atoms with Gasteiger partial charge in [-0.15, -0.1) is 0 Å². The monoisotopic (exact) mass is 133 g/mol. The van der Waals surface area contributed by atoms with Crippen molar-refractivity contribution in [1.82, 2.24) is 0 Å². The molecule has 9 heavy (non-hydrogen) atoms. The summed E-state index contributed by atoms with van der Waals surface area (Å²) in [5.74, 6) is -2.27. The molecule has 0 unspecified atom stereocenters. The van der Waals surface area contributed by atoms with Gasteiger partial charge in [0.2, 0.25) is 5.91 Å². The number of aliphatic hydroxyl groups is 1. The van der Waals surface area contributed by atoms with Crippen molar-refractivity contribution in [2.75, 3.05) is 0 Å². The molecule has 5 nitrogen and oxygen atoms in total. The van der Waals surface area contributed by atoms with Gasteiger partial charge in [0.05, 0.1) is 6.42 Å². The molecule has 0 bridgehead atoms. The quantitative estimate of drug-likeness (QED) is 0.427. The second-order valence-electron chi connectivity index (χ2n) is 1.52. The predicted octanol–water partition coefficient (Wildman–Crippen LogP) is -1.69. The average molecular weight is 133 g/mol. The first kappa shape index (κ1) is 7.90. The van der Waals surface area contributed by atoms with Gasteiger partial charge in [-0.1, -0.05) is 0 Å². The van der Waals surface area contributed by atoms with Gasteiger partial charge in [-0.2, -0.15) is 0 Å². The van der Waals surface area contributed by atoms with Crippen LogP contribution in [-0.4, -0.2) is 28.2 Å². The van der Waals surface area contributed by atoms with Crippen molar-refractivity contribution in [3.05, 3.63) is 0 Å². The van der Waals surface area contributed by atoms with Gasteiger partial charge in [0.1, 0.15) is 6.10 Å². The molecule has 0 aliphatic carbocycles. The number of carboxylic acids is 1. The van der Waals surface area contributed by atoms with Crippen molar-refractivity contribution in [1.29, 1.82) is 0 Å². The van der Waals surface area contributed by atoms with Crippen LogP contribution in [0.4, 0.5) is 0 Å². The Bertz CT molecular complexity index is 133. The molecule has 4 N–H and O–H groups in total. The number of amides is 1. The summed E-state index contributed by atoms with van der Waals surface area (Å²) in [5.41, 5.74) is 4.53. The summed E-state index contributed by atoms with van der Waals surface area (Å²) in [6.45, 7) is 0. The lowest BCUT2D eigenvalue weighted by Crippen LogP contribution is -2.30. The standard InChI is InChI=1S/C4H7NO4/c5-4(9)2(6)1-3(7)8/h2,6H,1H2,(H2,5,9)(H,7,8)/t2-/m0/s1. The molecule has 0 rings (SSSR count). The van der Waals surface area contributed by atoms with E-state index in [1.54, 1.807) is 0 Å². The molecule has 0 radical (unpaired) electrons. The van der Waals surface area contributed by atoms with E-state index < -0.39 is 24.4 Å². The van der Waals surface area contributed by atoms with Crippen LogP contribution in [0.3, 0.4) is 0 Å². The highest BCUT2D eigenvalue weighted by atomic mass is 16.4. The molecular weight excluding hydrogens is 126 g/mol. The Morgan fingerprint density at radius 1 is 1.56 bits per heavy atom.